The smallest absolute Gasteiger partial charge is 0.226 e. The lowest BCUT2D eigenvalue weighted by Gasteiger charge is -2.22. The summed E-state index contributed by atoms with van der Waals surface area (Å²) in [5.74, 6) is 0.273. The number of nitrogens with zero attached hydrogens (tertiary/aromatic N) is 2. The first-order chi connectivity index (χ1) is 18.2. The van der Waals surface area contributed by atoms with E-state index in [1.54, 1.807) is 43.6 Å². The third kappa shape index (κ3) is 5.08. The number of carbonyl (C=O) groups is 1. The first-order valence-electron chi connectivity index (χ1n) is 12.7. The third-order valence-corrected chi connectivity index (χ3v) is 6.96. The molecule has 1 atom stereocenters. The Bertz CT molecular complexity index is 1630. The van der Waals surface area contributed by atoms with Gasteiger partial charge in [0.15, 0.2) is 5.58 Å². The second kappa shape index (κ2) is 10.2. The van der Waals surface area contributed by atoms with Crippen LogP contribution in [-0.2, 0) is 23.4 Å². The standard InChI is InChI=1S/C32H31N3O3/c1-20-9-11-25(21(2)15-20)26-8-6-5-7-23(26)19-34-31(36)16-24-10-12-29-28(35-24)17-30(38-29)32(4,37)27-13-14-33-18-22(27)3/h5-15,17-18,37H,16,19H2,1-4H3,(H,34,36)/t32-/m0/s1. The summed E-state index contributed by atoms with van der Waals surface area (Å²) in [6, 6.07) is 21.6. The minimum absolute atomic E-state index is 0.115. The highest BCUT2D eigenvalue weighted by Gasteiger charge is 2.31. The molecule has 0 spiro atoms. The molecule has 1 amide bonds. The zero-order valence-corrected chi connectivity index (χ0v) is 22.1. The van der Waals surface area contributed by atoms with Crippen LogP contribution in [0.25, 0.3) is 22.2 Å². The van der Waals surface area contributed by atoms with E-state index in [0.717, 1.165) is 16.7 Å². The maximum atomic E-state index is 12.8. The molecule has 6 heteroatoms. The maximum absolute atomic E-state index is 12.8. The van der Waals surface area contributed by atoms with E-state index in [2.05, 4.69) is 53.4 Å². The molecule has 0 unspecified atom stereocenters. The molecule has 0 fully saturated rings. The fourth-order valence-corrected chi connectivity index (χ4v) is 4.93. The van der Waals surface area contributed by atoms with E-state index in [1.807, 2.05) is 25.1 Å². The number of furan rings is 1. The fourth-order valence-electron chi connectivity index (χ4n) is 4.93. The van der Waals surface area contributed by atoms with Crippen molar-refractivity contribution in [2.75, 3.05) is 0 Å². The van der Waals surface area contributed by atoms with E-state index >= 15 is 0 Å². The number of amides is 1. The van der Waals surface area contributed by atoms with E-state index in [1.165, 1.54) is 16.7 Å². The van der Waals surface area contributed by atoms with Gasteiger partial charge >= 0.3 is 0 Å². The summed E-state index contributed by atoms with van der Waals surface area (Å²) in [5.41, 5.74) is 7.79. The topological polar surface area (TPSA) is 88.2 Å². The van der Waals surface area contributed by atoms with Crippen molar-refractivity contribution in [3.8, 4) is 11.1 Å². The second-order valence-corrected chi connectivity index (χ2v) is 9.99. The van der Waals surface area contributed by atoms with Crippen molar-refractivity contribution < 1.29 is 14.3 Å². The van der Waals surface area contributed by atoms with Crippen LogP contribution in [0.5, 0.6) is 0 Å². The third-order valence-electron chi connectivity index (χ3n) is 6.96. The molecule has 38 heavy (non-hydrogen) atoms. The van der Waals surface area contributed by atoms with Crippen molar-refractivity contribution in [3.05, 3.63) is 118 Å². The minimum Gasteiger partial charge on any atom is -0.456 e. The van der Waals surface area contributed by atoms with E-state index < -0.39 is 5.60 Å². The van der Waals surface area contributed by atoms with Crippen molar-refractivity contribution in [3.63, 3.8) is 0 Å². The quantitative estimate of drug-likeness (QED) is 0.286. The molecule has 6 nitrogen and oxygen atoms in total. The molecule has 0 saturated heterocycles. The van der Waals surface area contributed by atoms with Gasteiger partial charge in [0.1, 0.15) is 16.9 Å². The van der Waals surface area contributed by atoms with Gasteiger partial charge in [-0.05, 0) is 79.3 Å². The van der Waals surface area contributed by atoms with E-state index in [-0.39, 0.29) is 12.3 Å². The monoisotopic (exact) mass is 505 g/mol. The number of fused-ring (bicyclic) bond motifs is 1. The number of benzene rings is 2. The molecule has 2 aromatic carbocycles. The SMILES string of the molecule is Cc1ccc(-c2ccccc2CNC(=O)Cc2ccc3oc([C@@](C)(O)c4ccncc4C)cc3n2)c(C)c1. The molecule has 5 aromatic rings. The Morgan fingerprint density at radius 3 is 2.58 bits per heavy atom. The molecule has 5 rings (SSSR count). The molecular weight excluding hydrogens is 474 g/mol. The molecule has 0 bridgehead atoms. The lowest BCUT2D eigenvalue weighted by molar-refractivity contribution is -0.120. The van der Waals surface area contributed by atoms with Gasteiger partial charge in [-0.25, -0.2) is 4.98 Å². The second-order valence-electron chi connectivity index (χ2n) is 9.99. The molecule has 3 aromatic heterocycles. The first kappa shape index (κ1) is 25.4. The normalized spacial score (nSPS) is 12.9. The van der Waals surface area contributed by atoms with Gasteiger partial charge in [-0.15, -0.1) is 0 Å². The highest BCUT2D eigenvalue weighted by Crippen LogP contribution is 2.34. The number of rotatable bonds is 7. The van der Waals surface area contributed by atoms with Gasteiger partial charge in [0, 0.05) is 25.0 Å². The molecule has 0 aliphatic rings. The van der Waals surface area contributed by atoms with Crippen molar-refractivity contribution in [2.24, 2.45) is 0 Å². The van der Waals surface area contributed by atoms with Gasteiger partial charge in [-0.1, -0.05) is 48.0 Å². The Hall–Kier alpha value is -4.29. The summed E-state index contributed by atoms with van der Waals surface area (Å²) in [6.45, 7) is 8.21. The number of aromatic nitrogens is 2. The van der Waals surface area contributed by atoms with Crippen LogP contribution in [0.2, 0.25) is 0 Å². The van der Waals surface area contributed by atoms with E-state index in [0.29, 0.717) is 34.7 Å². The number of pyridine rings is 2. The van der Waals surface area contributed by atoms with E-state index in [4.69, 9.17) is 4.42 Å². The molecule has 0 aliphatic heterocycles. The summed E-state index contributed by atoms with van der Waals surface area (Å²) >= 11 is 0. The number of nitrogens with one attached hydrogen (secondary N) is 1. The maximum Gasteiger partial charge on any atom is 0.226 e. The zero-order chi connectivity index (χ0) is 26.9. The van der Waals surface area contributed by atoms with Crippen LogP contribution in [0.1, 0.15) is 46.2 Å². The van der Waals surface area contributed by atoms with Crippen LogP contribution >= 0.6 is 0 Å². The molecule has 0 aliphatic carbocycles. The molecule has 3 heterocycles. The molecule has 0 saturated carbocycles. The van der Waals surface area contributed by atoms with Gasteiger partial charge in [0.25, 0.3) is 0 Å². The largest absolute Gasteiger partial charge is 0.456 e. The summed E-state index contributed by atoms with van der Waals surface area (Å²) in [6.07, 6.45) is 3.50. The average Bonchev–Trinajstić information content (AvgIpc) is 3.32. The first-order valence-corrected chi connectivity index (χ1v) is 12.7. The predicted octanol–water partition coefficient (Wildman–Crippen LogP) is 5.93. The Morgan fingerprint density at radius 1 is 0.974 bits per heavy atom. The summed E-state index contributed by atoms with van der Waals surface area (Å²) in [7, 11) is 0. The number of carbonyl (C=O) groups excluding carboxylic acids is 1. The van der Waals surface area contributed by atoms with Crippen LogP contribution in [-0.4, -0.2) is 21.0 Å². The molecule has 0 radical (unpaired) electrons. The van der Waals surface area contributed by atoms with Crippen molar-refractivity contribution in [1.29, 1.82) is 0 Å². The van der Waals surface area contributed by atoms with Gasteiger partial charge in [0.2, 0.25) is 5.91 Å². The van der Waals surface area contributed by atoms with Crippen LogP contribution in [0.3, 0.4) is 0 Å². The van der Waals surface area contributed by atoms with Crippen LogP contribution < -0.4 is 5.32 Å². The molecule has 2 N–H and O–H groups in total. The Balaban J connectivity index is 1.30. The highest BCUT2D eigenvalue weighted by atomic mass is 16.4. The summed E-state index contributed by atoms with van der Waals surface area (Å²) in [5, 5.41) is 14.3. The van der Waals surface area contributed by atoms with Gasteiger partial charge in [-0.3, -0.25) is 9.78 Å². The van der Waals surface area contributed by atoms with Gasteiger partial charge in [0.05, 0.1) is 12.1 Å². The van der Waals surface area contributed by atoms with Crippen LogP contribution in [0.15, 0.2) is 83.5 Å². The van der Waals surface area contributed by atoms with Gasteiger partial charge in [-0.2, -0.15) is 0 Å². The highest BCUT2D eigenvalue weighted by molar-refractivity contribution is 5.80. The lowest BCUT2D eigenvalue weighted by atomic mass is 9.91. The number of aryl methyl sites for hydroxylation is 3. The Labute approximate surface area is 222 Å². The Kier molecular flexibility index (Phi) is 6.83. The van der Waals surface area contributed by atoms with Crippen molar-refractivity contribution >= 4 is 17.0 Å². The van der Waals surface area contributed by atoms with E-state index in [9.17, 15) is 9.90 Å². The predicted molar refractivity (Wildman–Crippen MR) is 149 cm³/mol. The summed E-state index contributed by atoms with van der Waals surface area (Å²) < 4.78 is 5.95. The lowest BCUT2D eigenvalue weighted by Crippen LogP contribution is -2.25. The van der Waals surface area contributed by atoms with Crippen molar-refractivity contribution in [1.82, 2.24) is 15.3 Å². The number of hydrogen-bond donors (Lipinski definition) is 2. The number of hydrogen-bond acceptors (Lipinski definition) is 5. The Morgan fingerprint density at radius 2 is 1.79 bits per heavy atom. The minimum atomic E-state index is -1.34. The van der Waals surface area contributed by atoms with Crippen LogP contribution in [0.4, 0.5) is 0 Å². The fraction of sp³-hybridized carbons (Fsp3) is 0.219. The zero-order valence-electron chi connectivity index (χ0n) is 22.1. The van der Waals surface area contributed by atoms with Crippen LogP contribution in [0, 0.1) is 20.8 Å². The summed E-state index contributed by atoms with van der Waals surface area (Å²) in [4.78, 5) is 21.6. The van der Waals surface area contributed by atoms with Gasteiger partial charge < -0.3 is 14.8 Å². The average molecular weight is 506 g/mol. The van der Waals surface area contributed by atoms with Crippen molar-refractivity contribution in [2.45, 2.75) is 46.3 Å². The molecule has 192 valence electrons. The molecular formula is C32H31N3O3. The number of aliphatic hydroxyl groups is 1.